The number of H-pyrrole nitrogens is 1. The lowest BCUT2D eigenvalue weighted by Gasteiger charge is -2.09. The normalized spacial score (nSPS) is 11.2. The Morgan fingerprint density at radius 2 is 2.04 bits per heavy atom. The highest BCUT2D eigenvalue weighted by atomic mass is 32.2. The van der Waals surface area contributed by atoms with Gasteiger partial charge in [-0.3, -0.25) is 9.36 Å². The Morgan fingerprint density at radius 3 is 2.83 bits per heavy atom. The quantitative estimate of drug-likeness (QED) is 0.698. The highest BCUT2D eigenvalue weighted by Gasteiger charge is 2.11. The van der Waals surface area contributed by atoms with Crippen LogP contribution in [0.3, 0.4) is 0 Å². The Balaban J connectivity index is 1.88. The first-order valence-electron chi connectivity index (χ1n) is 7.97. The van der Waals surface area contributed by atoms with E-state index in [0.29, 0.717) is 23.0 Å². The molecule has 126 valence electrons. The van der Waals surface area contributed by atoms with Crippen LogP contribution in [0.4, 0.5) is 0 Å². The van der Waals surface area contributed by atoms with Gasteiger partial charge in [-0.05, 0) is 23.9 Å². The second-order valence-corrected chi connectivity index (χ2v) is 6.64. The van der Waals surface area contributed by atoms with Crippen molar-refractivity contribution in [1.82, 2.24) is 19.3 Å². The molecule has 24 heavy (non-hydrogen) atoms. The van der Waals surface area contributed by atoms with Crippen LogP contribution in [0.15, 0.2) is 45.1 Å². The van der Waals surface area contributed by atoms with E-state index < -0.39 is 0 Å². The standard InChI is InChI=1S/C17H20N4O2S/c1-3-4-9-21-16(23)18-19-17(21)24-11-13-10-12-7-5-6-8-14(12)20(2)15(13)22/h5-8,10H,3-4,9,11H2,1-2H3,(H,18,23). The van der Waals surface area contributed by atoms with E-state index in [1.165, 1.54) is 11.8 Å². The molecule has 1 aromatic carbocycles. The fourth-order valence-electron chi connectivity index (χ4n) is 2.66. The van der Waals surface area contributed by atoms with Crippen LogP contribution in [0.1, 0.15) is 25.3 Å². The molecule has 6 nitrogen and oxygen atoms in total. The van der Waals surface area contributed by atoms with E-state index >= 15 is 0 Å². The maximum atomic E-state index is 12.5. The molecular weight excluding hydrogens is 324 g/mol. The van der Waals surface area contributed by atoms with Crippen molar-refractivity contribution < 1.29 is 0 Å². The number of para-hydroxylation sites is 1. The van der Waals surface area contributed by atoms with Crippen LogP contribution in [0.25, 0.3) is 10.9 Å². The number of nitrogens with zero attached hydrogens (tertiary/aromatic N) is 3. The van der Waals surface area contributed by atoms with Gasteiger partial charge in [-0.15, -0.1) is 5.10 Å². The second-order valence-electron chi connectivity index (χ2n) is 5.70. The molecule has 2 heterocycles. The third-order valence-electron chi connectivity index (χ3n) is 4.02. The minimum absolute atomic E-state index is 0.0146. The zero-order valence-corrected chi connectivity index (χ0v) is 14.6. The van der Waals surface area contributed by atoms with Crippen molar-refractivity contribution in [2.75, 3.05) is 0 Å². The van der Waals surface area contributed by atoms with Crippen LogP contribution >= 0.6 is 11.8 Å². The fourth-order valence-corrected chi connectivity index (χ4v) is 3.59. The molecule has 0 bridgehead atoms. The molecule has 2 aromatic heterocycles. The molecule has 7 heteroatoms. The highest BCUT2D eigenvalue weighted by Crippen LogP contribution is 2.20. The first-order valence-corrected chi connectivity index (χ1v) is 8.96. The summed E-state index contributed by atoms with van der Waals surface area (Å²) in [6.45, 7) is 2.72. The molecule has 3 rings (SSSR count). The van der Waals surface area contributed by atoms with Gasteiger partial charge in [0.05, 0.1) is 5.52 Å². The lowest BCUT2D eigenvalue weighted by Crippen LogP contribution is -2.21. The summed E-state index contributed by atoms with van der Waals surface area (Å²) in [4.78, 5) is 24.3. The predicted octanol–water partition coefficient (Wildman–Crippen LogP) is 2.52. The number of pyridine rings is 1. The Kier molecular flexibility index (Phi) is 4.89. The molecule has 0 amide bonds. The maximum Gasteiger partial charge on any atom is 0.343 e. The second kappa shape index (κ2) is 7.09. The van der Waals surface area contributed by atoms with Gasteiger partial charge in [0.2, 0.25) is 0 Å². The van der Waals surface area contributed by atoms with Gasteiger partial charge < -0.3 is 4.57 Å². The van der Waals surface area contributed by atoms with E-state index in [2.05, 4.69) is 17.1 Å². The average Bonchev–Trinajstić information content (AvgIpc) is 2.95. The number of thioether (sulfide) groups is 1. The first kappa shape index (κ1) is 16.6. The Bertz CT molecular complexity index is 971. The molecule has 0 saturated carbocycles. The monoisotopic (exact) mass is 344 g/mol. The summed E-state index contributed by atoms with van der Waals surface area (Å²) in [5.41, 5.74) is 1.41. The van der Waals surface area contributed by atoms with Crippen molar-refractivity contribution in [3.63, 3.8) is 0 Å². The van der Waals surface area contributed by atoms with Crippen molar-refractivity contribution in [2.24, 2.45) is 7.05 Å². The van der Waals surface area contributed by atoms with Gasteiger partial charge in [0.25, 0.3) is 5.56 Å². The largest absolute Gasteiger partial charge is 0.343 e. The van der Waals surface area contributed by atoms with Crippen LogP contribution in [0, 0.1) is 0 Å². The van der Waals surface area contributed by atoms with E-state index in [0.717, 1.165) is 23.7 Å². The number of aromatic amines is 1. The van der Waals surface area contributed by atoms with E-state index in [-0.39, 0.29) is 11.2 Å². The van der Waals surface area contributed by atoms with Crippen LogP contribution in [0.5, 0.6) is 0 Å². The third kappa shape index (κ3) is 3.17. The summed E-state index contributed by atoms with van der Waals surface area (Å²) in [6.07, 6.45) is 1.93. The molecule has 0 radical (unpaired) electrons. The van der Waals surface area contributed by atoms with Crippen molar-refractivity contribution in [3.8, 4) is 0 Å². The molecule has 0 fully saturated rings. The Hall–Kier alpha value is -2.28. The summed E-state index contributed by atoms with van der Waals surface area (Å²) >= 11 is 1.41. The SMILES string of the molecule is CCCCn1c(SCc2cc3ccccc3n(C)c2=O)n[nH]c1=O. The van der Waals surface area contributed by atoms with E-state index in [1.807, 2.05) is 30.3 Å². The summed E-state index contributed by atoms with van der Waals surface area (Å²) < 4.78 is 3.31. The summed E-state index contributed by atoms with van der Waals surface area (Å²) in [5.74, 6) is 0.480. The summed E-state index contributed by atoms with van der Waals surface area (Å²) in [5, 5.41) is 8.23. The van der Waals surface area contributed by atoms with E-state index in [1.54, 1.807) is 16.2 Å². The van der Waals surface area contributed by atoms with Crippen molar-refractivity contribution in [3.05, 3.63) is 56.7 Å². The van der Waals surface area contributed by atoms with Crippen LogP contribution in [-0.2, 0) is 19.3 Å². The Morgan fingerprint density at radius 1 is 1.25 bits per heavy atom. The topological polar surface area (TPSA) is 72.7 Å². The molecule has 0 aliphatic carbocycles. The molecule has 0 saturated heterocycles. The van der Waals surface area contributed by atoms with Gasteiger partial charge in [0.15, 0.2) is 5.16 Å². The van der Waals surface area contributed by atoms with Gasteiger partial charge >= 0.3 is 5.69 Å². The Labute approximate surface area is 143 Å². The van der Waals surface area contributed by atoms with E-state index in [9.17, 15) is 9.59 Å². The smallest absolute Gasteiger partial charge is 0.311 e. The lowest BCUT2D eigenvalue weighted by molar-refractivity contribution is 0.573. The lowest BCUT2D eigenvalue weighted by atomic mass is 10.1. The molecule has 0 unspecified atom stereocenters. The first-order chi connectivity index (χ1) is 11.6. The molecule has 3 aromatic rings. The van der Waals surface area contributed by atoms with Crippen molar-refractivity contribution >= 4 is 22.7 Å². The van der Waals surface area contributed by atoms with Crippen LogP contribution in [-0.4, -0.2) is 19.3 Å². The minimum atomic E-state index is -0.197. The molecule has 0 aliphatic heterocycles. The predicted molar refractivity (Wildman–Crippen MR) is 96.5 cm³/mol. The maximum absolute atomic E-state index is 12.5. The highest BCUT2D eigenvalue weighted by molar-refractivity contribution is 7.98. The van der Waals surface area contributed by atoms with Gasteiger partial charge in [0.1, 0.15) is 0 Å². The fraction of sp³-hybridized carbons (Fsp3) is 0.353. The van der Waals surface area contributed by atoms with Crippen molar-refractivity contribution in [1.29, 1.82) is 0 Å². The van der Waals surface area contributed by atoms with Gasteiger partial charge in [-0.1, -0.05) is 43.3 Å². The number of aryl methyl sites for hydroxylation is 1. The molecular formula is C17H20N4O2S. The number of hydrogen-bond donors (Lipinski definition) is 1. The number of aromatic nitrogens is 4. The van der Waals surface area contributed by atoms with Crippen LogP contribution in [0.2, 0.25) is 0 Å². The number of fused-ring (bicyclic) bond motifs is 1. The molecule has 1 N–H and O–H groups in total. The van der Waals surface area contributed by atoms with Gasteiger partial charge in [0, 0.05) is 24.9 Å². The third-order valence-corrected chi connectivity index (χ3v) is 5.05. The number of nitrogens with one attached hydrogen (secondary N) is 1. The number of hydrogen-bond acceptors (Lipinski definition) is 4. The van der Waals surface area contributed by atoms with Crippen molar-refractivity contribution in [2.45, 2.75) is 37.2 Å². The summed E-state index contributed by atoms with van der Waals surface area (Å²) in [6, 6.07) is 9.73. The molecule has 0 aliphatic rings. The van der Waals surface area contributed by atoms with E-state index in [4.69, 9.17) is 0 Å². The average molecular weight is 344 g/mol. The van der Waals surface area contributed by atoms with Crippen LogP contribution < -0.4 is 11.2 Å². The van der Waals surface area contributed by atoms with Gasteiger partial charge in [-0.25, -0.2) is 9.89 Å². The number of benzene rings is 1. The number of rotatable bonds is 6. The zero-order valence-electron chi connectivity index (χ0n) is 13.8. The number of unbranched alkanes of at least 4 members (excludes halogenated alkanes) is 1. The minimum Gasteiger partial charge on any atom is -0.311 e. The molecule has 0 atom stereocenters. The molecule has 0 spiro atoms. The summed E-state index contributed by atoms with van der Waals surface area (Å²) in [7, 11) is 1.78. The van der Waals surface area contributed by atoms with Gasteiger partial charge in [-0.2, -0.15) is 0 Å². The zero-order chi connectivity index (χ0) is 17.1.